The molecule has 0 fully saturated rings. The topological polar surface area (TPSA) is 0 Å². The summed E-state index contributed by atoms with van der Waals surface area (Å²) in [6.07, 6.45) is 7.85. The Labute approximate surface area is 54.8 Å². The minimum atomic E-state index is 1.06. The number of halogens is 1. The summed E-state index contributed by atoms with van der Waals surface area (Å²) in [4.78, 5) is 0. The Kier molecular flexibility index (Phi) is 2.16. The van der Waals surface area contributed by atoms with Gasteiger partial charge in [-0.3, -0.25) is 0 Å². The summed E-state index contributed by atoms with van der Waals surface area (Å²) in [5.74, 6) is 0. The molecule has 0 radical (unpaired) electrons. The third-order valence-electron chi connectivity index (χ3n) is 1.37. The van der Waals surface area contributed by atoms with Gasteiger partial charge in [0.1, 0.15) is 0 Å². The van der Waals surface area contributed by atoms with E-state index >= 15 is 0 Å². The van der Waals surface area contributed by atoms with Crippen molar-refractivity contribution in [3.8, 4) is 0 Å². The molecule has 0 aromatic carbocycles. The molecule has 0 unspecified atom stereocenters. The van der Waals surface area contributed by atoms with E-state index in [9.17, 15) is 0 Å². The molecule has 0 saturated carbocycles. The molecule has 8 heavy (non-hydrogen) atoms. The van der Waals surface area contributed by atoms with Crippen LogP contribution in [-0.4, -0.2) is 0 Å². The molecule has 0 aliphatic heterocycles. The van der Waals surface area contributed by atoms with Crippen LogP contribution in [-0.2, 0) is 0 Å². The van der Waals surface area contributed by atoms with Crippen molar-refractivity contribution in [3.05, 3.63) is 23.3 Å². The van der Waals surface area contributed by atoms with Gasteiger partial charge in [-0.15, -0.1) is 0 Å². The molecule has 0 nitrogen and oxygen atoms in total. The fraction of sp³-hybridized carbons (Fsp3) is 0.429. The first-order valence-corrected chi connectivity index (χ1v) is 3.30. The van der Waals surface area contributed by atoms with Crippen molar-refractivity contribution in [2.75, 3.05) is 0 Å². The molecule has 0 amide bonds. The molecule has 0 atom stereocenters. The summed E-state index contributed by atoms with van der Waals surface area (Å²) in [6, 6.07) is 0. The summed E-state index contributed by atoms with van der Waals surface area (Å²) in [5, 5.41) is 0. The van der Waals surface area contributed by atoms with Crippen LogP contribution in [0, 0.1) is 0 Å². The van der Waals surface area contributed by atoms with E-state index in [0.717, 1.165) is 6.42 Å². The average molecular weight is 129 g/mol. The van der Waals surface area contributed by atoms with Crippen molar-refractivity contribution in [2.45, 2.75) is 19.3 Å². The maximum atomic E-state index is 5.32. The third-order valence-corrected chi connectivity index (χ3v) is 1.55. The molecule has 44 valence electrons. The van der Waals surface area contributed by atoms with Crippen molar-refractivity contribution in [1.29, 1.82) is 0 Å². The molecule has 0 spiro atoms. The lowest BCUT2D eigenvalue weighted by Crippen LogP contribution is -1.90. The van der Waals surface area contributed by atoms with Gasteiger partial charge in [0.15, 0.2) is 0 Å². The Balaban J connectivity index is 2.19. The predicted molar refractivity (Wildman–Crippen MR) is 36.9 cm³/mol. The Morgan fingerprint density at radius 3 is 2.88 bits per heavy atom. The van der Waals surface area contributed by atoms with E-state index in [1.54, 1.807) is 5.54 Å². The second-order valence-corrected chi connectivity index (χ2v) is 2.22. The molecule has 0 aromatic heterocycles. The van der Waals surface area contributed by atoms with Gasteiger partial charge in [-0.1, -0.05) is 29.3 Å². The zero-order valence-corrected chi connectivity index (χ0v) is 5.49. The lowest BCUT2D eigenvalue weighted by molar-refractivity contribution is 0.841. The number of allylic oxidation sites excluding steroid dienone is 3. The van der Waals surface area contributed by atoms with E-state index in [4.69, 9.17) is 11.6 Å². The fourth-order valence-corrected chi connectivity index (χ4v) is 0.819. The van der Waals surface area contributed by atoms with Gasteiger partial charge < -0.3 is 0 Å². The van der Waals surface area contributed by atoms with Gasteiger partial charge in [-0.05, 0) is 19.3 Å². The van der Waals surface area contributed by atoms with Gasteiger partial charge in [0, 0.05) is 5.54 Å². The molecule has 0 heterocycles. The maximum Gasteiger partial charge on any atom is 0.000568 e. The van der Waals surface area contributed by atoms with Crippen molar-refractivity contribution in [3.63, 3.8) is 0 Å². The highest BCUT2D eigenvalue weighted by atomic mass is 35.5. The molecular weight excluding hydrogens is 120 g/mol. The molecule has 0 saturated heterocycles. The molecule has 0 bridgehead atoms. The van der Waals surface area contributed by atoms with Crippen molar-refractivity contribution in [1.82, 2.24) is 0 Å². The highest BCUT2D eigenvalue weighted by molar-refractivity contribution is 6.25. The van der Waals surface area contributed by atoms with E-state index in [1.807, 2.05) is 6.08 Å². The summed E-state index contributed by atoms with van der Waals surface area (Å²) < 4.78 is 0. The van der Waals surface area contributed by atoms with Crippen LogP contribution in [0.25, 0.3) is 0 Å². The quantitative estimate of drug-likeness (QED) is 0.502. The molecule has 1 rings (SSSR count). The van der Waals surface area contributed by atoms with Crippen LogP contribution in [0.5, 0.6) is 0 Å². The average Bonchev–Trinajstić information content (AvgIpc) is 1.63. The highest BCUT2D eigenvalue weighted by Gasteiger charge is 2.01. The maximum absolute atomic E-state index is 5.32. The molecule has 0 N–H and O–H groups in total. The smallest absolute Gasteiger partial charge is 0.000568 e. The summed E-state index contributed by atoms with van der Waals surface area (Å²) in [6.45, 7) is 0. The Bertz CT molecular complexity index is 122. The van der Waals surface area contributed by atoms with Gasteiger partial charge in [0.2, 0.25) is 0 Å². The van der Waals surface area contributed by atoms with Crippen LogP contribution in [0.4, 0.5) is 0 Å². The zero-order chi connectivity index (χ0) is 5.82. The van der Waals surface area contributed by atoms with E-state index < -0.39 is 0 Å². The summed E-state index contributed by atoms with van der Waals surface area (Å²) >= 11 is 5.32. The zero-order valence-electron chi connectivity index (χ0n) is 4.73. The van der Waals surface area contributed by atoms with Crippen LogP contribution in [0.2, 0.25) is 0 Å². The molecule has 0 aromatic rings. The second-order valence-electron chi connectivity index (χ2n) is 1.97. The predicted octanol–water partition coefficient (Wildman–Crippen LogP) is 2.85. The standard InChI is InChI=1S/C7H9Cl/c8-6-2-5-7-3-1-4-7/h2-3,6H,1,4-5H2. The largest absolute Gasteiger partial charge is 0.0933 e. The minimum absolute atomic E-state index is 1.06. The van der Waals surface area contributed by atoms with Crippen molar-refractivity contribution >= 4 is 11.6 Å². The third kappa shape index (κ3) is 1.38. The van der Waals surface area contributed by atoms with Crippen LogP contribution < -0.4 is 0 Å². The van der Waals surface area contributed by atoms with E-state index in [0.29, 0.717) is 0 Å². The van der Waals surface area contributed by atoms with E-state index in [1.165, 1.54) is 18.4 Å². The fourth-order valence-electron chi connectivity index (χ4n) is 0.730. The number of hydrogen-bond donors (Lipinski definition) is 0. The Morgan fingerprint density at radius 2 is 2.50 bits per heavy atom. The first-order valence-electron chi connectivity index (χ1n) is 2.86. The number of hydrogen-bond acceptors (Lipinski definition) is 0. The first-order chi connectivity index (χ1) is 3.93. The van der Waals surface area contributed by atoms with Crippen LogP contribution >= 0.6 is 11.6 Å². The van der Waals surface area contributed by atoms with Gasteiger partial charge in [-0.2, -0.15) is 0 Å². The van der Waals surface area contributed by atoms with Crippen molar-refractivity contribution < 1.29 is 0 Å². The Morgan fingerprint density at radius 1 is 1.75 bits per heavy atom. The second kappa shape index (κ2) is 2.93. The SMILES string of the molecule is ClC=CCC1=CCC1. The monoisotopic (exact) mass is 128 g/mol. The number of rotatable bonds is 2. The van der Waals surface area contributed by atoms with Crippen molar-refractivity contribution in [2.24, 2.45) is 0 Å². The van der Waals surface area contributed by atoms with Crippen LogP contribution in [0.3, 0.4) is 0 Å². The first kappa shape index (κ1) is 5.90. The van der Waals surface area contributed by atoms with Gasteiger partial charge in [0.25, 0.3) is 0 Å². The highest BCUT2D eigenvalue weighted by Crippen LogP contribution is 2.21. The summed E-state index contributed by atoms with van der Waals surface area (Å²) in [5.41, 5.74) is 3.11. The van der Waals surface area contributed by atoms with Gasteiger partial charge in [0.05, 0.1) is 0 Å². The molecule has 1 heteroatoms. The molecular formula is C7H9Cl. The summed E-state index contributed by atoms with van der Waals surface area (Å²) in [7, 11) is 0. The Hall–Kier alpha value is -0.230. The van der Waals surface area contributed by atoms with E-state index in [2.05, 4.69) is 6.08 Å². The molecule has 1 aliphatic carbocycles. The lowest BCUT2D eigenvalue weighted by Gasteiger charge is -2.10. The lowest BCUT2D eigenvalue weighted by atomic mass is 9.96. The van der Waals surface area contributed by atoms with E-state index in [-0.39, 0.29) is 0 Å². The normalized spacial score (nSPS) is 18.4. The minimum Gasteiger partial charge on any atom is -0.0933 e. The van der Waals surface area contributed by atoms with Crippen LogP contribution in [0.1, 0.15) is 19.3 Å². The van der Waals surface area contributed by atoms with Gasteiger partial charge >= 0.3 is 0 Å². The van der Waals surface area contributed by atoms with Gasteiger partial charge in [-0.25, -0.2) is 0 Å². The molecule has 1 aliphatic rings. The van der Waals surface area contributed by atoms with Crippen LogP contribution in [0.15, 0.2) is 23.3 Å².